The first-order chi connectivity index (χ1) is 14.5. The fraction of sp³-hybridized carbons (Fsp3) is 0.273. The maximum Gasteiger partial charge on any atom is 0.238 e. The van der Waals surface area contributed by atoms with Gasteiger partial charge in [0.2, 0.25) is 5.91 Å². The third-order valence-corrected chi connectivity index (χ3v) is 6.05. The Morgan fingerprint density at radius 3 is 2.97 bits per heavy atom. The topological polar surface area (TPSA) is 70.2 Å². The molecule has 1 saturated heterocycles. The molecule has 2 aromatic carbocycles. The van der Waals surface area contributed by atoms with Crippen LogP contribution in [0.3, 0.4) is 0 Å². The van der Waals surface area contributed by atoms with Crippen molar-refractivity contribution >= 4 is 34.8 Å². The highest BCUT2D eigenvalue weighted by molar-refractivity contribution is 6.44. The van der Waals surface area contributed by atoms with Gasteiger partial charge in [0.25, 0.3) is 0 Å². The molecule has 0 radical (unpaired) electrons. The van der Waals surface area contributed by atoms with Crippen LogP contribution in [-0.4, -0.2) is 41.0 Å². The van der Waals surface area contributed by atoms with Gasteiger partial charge in [0.05, 0.1) is 47.3 Å². The van der Waals surface area contributed by atoms with Gasteiger partial charge >= 0.3 is 0 Å². The van der Waals surface area contributed by atoms with Crippen molar-refractivity contribution in [2.45, 2.75) is 18.9 Å². The molecule has 4 rings (SSSR count). The summed E-state index contributed by atoms with van der Waals surface area (Å²) in [5.41, 5.74) is 2.44. The highest BCUT2D eigenvalue weighted by Gasteiger charge is 2.30. The molecule has 156 valence electrons. The van der Waals surface area contributed by atoms with Crippen LogP contribution in [0, 0.1) is 0 Å². The molecule has 3 aromatic rings. The second kappa shape index (κ2) is 9.08. The summed E-state index contributed by atoms with van der Waals surface area (Å²) < 4.78 is 5.30. The van der Waals surface area contributed by atoms with E-state index in [1.807, 2.05) is 30.5 Å². The molecule has 2 heterocycles. The number of halogens is 2. The van der Waals surface area contributed by atoms with Gasteiger partial charge in [-0.1, -0.05) is 41.4 Å². The summed E-state index contributed by atoms with van der Waals surface area (Å²) in [7, 11) is 1.65. The van der Waals surface area contributed by atoms with E-state index in [1.54, 1.807) is 25.3 Å². The van der Waals surface area contributed by atoms with Crippen LogP contribution in [0.25, 0.3) is 11.3 Å². The number of likely N-dealkylation sites (tertiary alicyclic amines) is 1. The van der Waals surface area contributed by atoms with Crippen molar-refractivity contribution < 1.29 is 9.53 Å². The number of methoxy groups -OCH3 is 1. The average molecular weight is 445 g/mol. The van der Waals surface area contributed by atoms with Crippen LogP contribution in [0.1, 0.15) is 24.7 Å². The normalized spacial score (nSPS) is 16.6. The SMILES string of the molecule is COc1cccc(-c2cnc([C@H]3CCCN3CC(=O)Nc3cccc(Cl)c3Cl)[nH]2)c1. The molecule has 1 atom stereocenters. The highest BCUT2D eigenvalue weighted by atomic mass is 35.5. The van der Waals surface area contributed by atoms with Gasteiger partial charge in [-0.25, -0.2) is 4.98 Å². The van der Waals surface area contributed by atoms with Crippen molar-refractivity contribution in [3.63, 3.8) is 0 Å². The second-order valence-electron chi connectivity index (χ2n) is 7.19. The Kier molecular flexibility index (Phi) is 6.27. The lowest BCUT2D eigenvalue weighted by Crippen LogP contribution is -2.33. The number of imidazole rings is 1. The van der Waals surface area contributed by atoms with Gasteiger partial charge in [0, 0.05) is 5.56 Å². The first-order valence-electron chi connectivity index (χ1n) is 9.72. The van der Waals surface area contributed by atoms with Gasteiger partial charge in [0.15, 0.2) is 0 Å². The standard InChI is InChI=1S/C22H22Cl2N4O2/c1-30-15-6-2-5-14(11-15)18-12-25-22(27-18)19-9-4-10-28(19)13-20(29)26-17-8-3-7-16(23)21(17)24/h2-3,5-8,11-12,19H,4,9-10,13H2,1H3,(H,25,27)(H,26,29)/t19-/m1/s1. The van der Waals surface area contributed by atoms with E-state index < -0.39 is 0 Å². The van der Waals surface area contributed by atoms with E-state index in [4.69, 9.17) is 27.9 Å². The molecule has 1 aromatic heterocycles. The molecular weight excluding hydrogens is 423 g/mol. The van der Waals surface area contributed by atoms with Crippen LogP contribution < -0.4 is 10.1 Å². The smallest absolute Gasteiger partial charge is 0.238 e. The maximum atomic E-state index is 12.6. The van der Waals surface area contributed by atoms with E-state index >= 15 is 0 Å². The van der Waals surface area contributed by atoms with Crippen LogP contribution >= 0.6 is 23.2 Å². The Morgan fingerprint density at radius 1 is 1.30 bits per heavy atom. The van der Waals surface area contributed by atoms with Crippen molar-refractivity contribution in [3.8, 4) is 17.0 Å². The summed E-state index contributed by atoms with van der Waals surface area (Å²) in [5.74, 6) is 1.52. The number of nitrogens with one attached hydrogen (secondary N) is 2. The first kappa shape index (κ1) is 20.7. The molecule has 1 aliphatic rings. The predicted molar refractivity (Wildman–Crippen MR) is 119 cm³/mol. The number of H-pyrrole nitrogens is 1. The number of aromatic nitrogens is 2. The molecular formula is C22H22Cl2N4O2. The number of hydrogen-bond donors (Lipinski definition) is 2. The number of nitrogens with zero attached hydrogens (tertiary/aromatic N) is 2. The molecule has 8 heteroatoms. The Labute approximate surface area is 185 Å². The Bertz CT molecular complexity index is 1050. The molecule has 2 N–H and O–H groups in total. The molecule has 0 aliphatic carbocycles. The van der Waals surface area contributed by atoms with E-state index in [2.05, 4.69) is 20.2 Å². The Morgan fingerprint density at radius 2 is 2.13 bits per heavy atom. The number of carbonyl (C=O) groups excluding carboxylic acids is 1. The highest BCUT2D eigenvalue weighted by Crippen LogP contribution is 2.33. The Balaban J connectivity index is 1.45. The number of rotatable bonds is 6. The quantitative estimate of drug-likeness (QED) is 0.550. The van der Waals surface area contributed by atoms with Crippen LogP contribution in [0.15, 0.2) is 48.7 Å². The summed E-state index contributed by atoms with van der Waals surface area (Å²) >= 11 is 12.2. The first-order valence-corrected chi connectivity index (χ1v) is 10.5. The molecule has 1 aliphatic heterocycles. The van der Waals surface area contributed by atoms with Crippen molar-refractivity contribution in [2.75, 3.05) is 25.5 Å². The van der Waals surface area contributed by atoms with E-state index in [0.717, 1.165) is 42.2 Å². The molecule has 30 heavy (non-hydrogen) atoms. The van der Waals surface area contributed by atoms with Crippen molar-refractivity contribution in [3.05, 3.63) is 64.5 Å². The third kappa shape index (κ3) is 4.46. The largest absolute Gasteiger partial charge is 0.497 e. The summed E-state index contributed by atoms with van der Waals surface area (Å²) in [6.45, 7) is 1.08. The number of anilines is 1. The fourth-order valence-corrected chi connectivity index (χ4v) is 4.09. The zero-order valence-corrected chi connectivity index (χ0v) is 18.0. The number of benzene rings is 2. The summed E-state index contributed by atoms with van der Waals surface area (Å²) in [5, 5.41) is 3.61. The minimum Gasteiger partial charge on any atom is -0.497 e. The number of hydrogen-bond acceptors (Lipinski definition) is 4. The van der Waals surface area contributed by atoms with Crippen LogP contribution in [0.2, 0.25) is 10.0 Å². The van der Waals surface area contributed by atoms with E-state index in [9.17, 15) is 4.79 Å². The summed E-state index contributed by atoms with van der Waals surface area (Å²) in [6.07, 6.45) is 3.77. The van der Waals surface area contributed by atoms with Gasteiger partial charge in [-0.3, -0.25) is 9.69 Å². The summed E-state index contributed by atoms with van der Waals surface area (Å²) in [6, 6.07) is 13.1. The molecule has 0 saturated carbocycles. The van der Waals surface area contributed by atoms with Gasteiger partial charge in [-0.15, -0.1) is 0 Å². The molecule has 6 nitrogen and oxygen atoms in total. The Hall–Kier alpha value is -2.54. The molecule has 0 unspecified atom stereocenters. The van der Waals surface area contributed by atoms with Gasteiger partial charge < -0.3 is 15.0 Å². The van der Waals surface area contributed by atoms with Gasteiger partial charge in [-0.05, 0) is 43.7 Å². The van der Waals surface area contributed by atoms with Gasteiger partial charge in [-0.2, -0.15) is 0 Å². The minimum absolute atomic E-state index is 0.0601. The minimum atomic E-state index is -0.134. The lowest BCUT2D eigenvalue weighted by Gasteiger charge is -2.22. The number of carbonyl (C=O) groups is 1. The van der Waals surface area contributed by atoms with Crippen molar-refractivity contribution in [1.29, 1.82) is 0 Å². The summed E-state index contributed by atoms with van der Waals surface area (Å²) in [4.78, 5) is 22.7. The molecule has 0 bridgehead atoms. The molecule has 1 amide bonds. The third-order valence-electron chi connectivity index (χ3n) is 5.23. The lowest BCUT2D eigenvalue weighted by molar-refractivity contribution is -0.117. The van der Waals surface area contributed by atoms with Gasteiger partial charge in [0.1, 0.15) is 11.6 Å². The second-order valence-corrected chi connectivity index (χ2v) is 7.98. The van der Waals surface area contributed by atoms with Crippen molar-refractivity contribution in [1.82, 2.24) is 14.9 Å². The zero-order chi connectivity index (χ0) is 21.1. The number of aromatic amines is 1. The van der Waals surface area contributed by atoms with E-state index in [-0.39, 0.29) is 18.5 Å². The zero-order valence-electron chi connectivity index (χ0n) is 16.5. The molecule has 1 fully saturated rings. The van der Waals surface area contributed by atoms with E-state index in [0.29, 0.717) is 15.7 Å². The monoisotopic (exact) mass is 444 g/mol. The maximum absolute atomic E-state index is 12.6. The van der Waals surface area contributed by atoms with Crippen molar-refractivity contribution in [2.24, 2.45) is 0 Å². The predicted octanol–water partition coefficient (Wildman–Crippen LogP) is 5.17. The van der Waals surface area contributed by atoms with Crippen LogP contribution in [-0.2, 0) is 4.79 Å². The number of ether oxygens (including phenoxy) is 1. The van der Waals surface area contributed by atoms with Crippen LogP contribution in [0.4, 0.5) is 5.69 Å². The average Bonchev–Trinajstić information content (AvgIpc) is 3.41. The van der Waals surface area contributed by atoms with E-state index in [1.165, 1.54) is 0 Å². The lowest BCUT2D eigenvalue weighted by atomic mass is 10.1. The van der Waals surface area contributed by atoms with Crippen LogP contribution in [0.5, 0.6) is 5.75 Å². The molecule has 0 spiro atoms. The number of amides is 1. The fourth-order valence-electron chi connectivity index (χ4n) is 3.74.